The van der Waals surface area contributed by atoms with Gasteiger partial charge in [0.1, 0.15) is 24.2 Å². The summed E-state index contributed by atoms with van der Waals surface area (Å²) in [5, 5.41) is 23.5. The van der Waals surface area contributed by atoms with Gasteiger partial charge in [-0.25, -0.2) is 9.59 Å². The van der Waals surface area contributed by atoms with Crippen molar-refractivity contribution < 1.29 is 48.4 Å². The topological polar surface area (TPSA) is 178 Å². The van der Waals surface area contributed by atoms with E-state index >= 15 is 0 Å². The summed E-state index contributed by atoms with van der Waals surface area (Å²) in [4.78, 5) is 58.0. The van der Waals surface area contributed by atoms with E-state index < -0.39 is 18.0 Å². The molecule has 2 amide bonds. The highest BCUT2D eigenvalue weighted by atomic mass is 16.5. The minimum atomic E-state index is -1.15. The lowest BCUT2D eigenvalue weighted by atomic mass is 10.1. The summed E-state index contributed by atoms with van der Waals surface area (Å²) in [6.45, 7) is 3.86. The average Bonchev–Trinajstić information content (AvgIpc) is 2.97. The van der Waals surface area contributed by atoms with Crippen LogP contribution in [0.25, 0.3) is 0 Å². The monoisotopic (exact) mass is 608 g/mol. The van der Waals surface area contributed by atoms with Crippen LogP contribution in [0.5, 0.6) is 5.75 Å². The number of carboxylic acids is 2. The molecule has 0 saturated heterocycles. The molecular weight excluding hydrogens is 560 g/mol. The van der Waals surface area contributed by atoms with Gasteiger partial charge < -0.3 is 35.1 Å². The fourth-order valence-corrected chi connectivity index (χ4v) is 4.11. The van der Waals surface area contributed by atoms with Crippen LogP contribution in [0.1, 0.15) is 94.3 Å². The van der Waals surface area contributed by atoms with Crippen molar-refractivity contribution in [3.8, 4) is 5.75 Å². The highest BCUT2D eigenvalue weighted by Crippen LogP contribution is 2.14. The summed E-state index contributed by atoms with van der Waals surface area (Å²) in [6.07, 6.45) is 7.62. The molecule has 1 aromatic carbocycles. The number of carbonyl (C=O) groups is 5. The fraction of sp³-hybridized carbons (Fsp3) is 0.645. The predicted octanol–water partition coefficient (Wildman–Crippen LogP) is 3.75. The highest BCUT2D eigenvalue weighted by molar-refractivity contribution is 5.87. The third-order valence-corrected chi connectivity index (χ3v) is 6.49. The summed E-state index contributed by atoms with van der Waals surface area (Å²) in [7, 11) is 0. The Balaban J connectivity index is 2.02. The van der Waals surface area contributed by atoms with E-state index in [9.17, 15) is 29.1 Å². The molecule has 1 rings (SSSR count). The number of ketones is 1. The Labute approximate surface area is 253 Å². The van der Waals surface area contributed by atoms with Gasteiger partial charge in [0.25, 0.3) is 0 Å². The molecule has 0 saturated carbocycles. The maximum atomic E-state index is 12.2. The van der Waals surface area contributed by atoms with Gasteiger partial charge in [-0.15, -0.1) is 0 Å². The van der Waals surface area contributed by atoms with E-state index in [0.29, 0.717) is 45.0 Å². The van der Waals surface area contributed by atoms with E-state index in [2.05, 4.69) is 10.6 Å². The molecule has 0 radical (unpaired) electrons. The van der Waals surface area contributed by atoms with E-state index in [1.54, 1.807) is 12.1 Å². The first-order valence-corrected chi connectivity index (χ1v) is 15.1. The largest absolute Gasteiger partial charge is 0.494 e. The maximum Gasteiger partial charge on any atom is 0.335 e. The second-order valence-corrected chi connectivity index (χ2v) is 10.2. The number of amides is 2. The van der Waals surface area contributed by atoms with Crippen LogP contribution < -0.4 is 15.4 Å². The van der Waals surface area contributed by atoms with E-state index in [-0.39, 0.29) is 62.1 Å². The van der Waals surface area contributed by atoms with Gasteiger partial charge in [0, 0.05) is 32.4 Å². The van der Waals surface area contributed by atoms with E-state index in [0.717, 1.165) is 38.5 Å². The fourth-order valence-electron chi connectivity index (χ4n) is 4.11. The zero-order valence-electron chi connectivity index (χ0n) is 25.3. The van der Waals surface area contributed by atoms with Gasteiger partial charge in [-0.05, 0) is 56.9 Å². The van der Waals surface area contributed by atoms with Crippen LogP contribution in [0, 0.1) is 0 Å². The van der Waals surface area contributed by atoms with Crippen LogP contribution in [0.2, 0.25) is 0 Å². The number of unbranched alkanes of at least 4 members (excludes halogenated alkanes) is 6. The summed E-state index contributed by atoms with van der Waals surface area (Å²) < 4.78 is 16.2. The Morgan fingerprint density at radius 2 is 1.37 bits per heavy atom. The number of aliphatic carboxylic acids is 1. The summed E-state index contributed by atoms with van der Waals surface area (Å²) in [5.74, 6) is -2.06. The third-order valence-electron chi connectivity index (χ3n) is 6.49. The molecule has 0 bridgehead atoms. The maximum absolute atomic E-state index is 12.2. The molecule has 12 nitrogen and oxygen atoms in total. The van der Waals surface area contributed by atoms with Crippen LogP contribution in [0.15, 0.2) is 24.3 Å². The van der Waals surface area contributed by atoms with Gasteiger partial charge in [0.2, 0.25) is 11.8 Å². The molecule has 242 valence electrons. The van der Waals surface area contributed by atoms with Gasteiger partial charge in [-0.1, -0.05) is 32.1 Å². The molecule has 12 heteroatoms. The minimum absolute atomic E-state index is 0.0211. The molecule has 0 spiro atoms. The Bertz CT molecular complexity index is 968. The number of aromatic carboxylic acids is 1. The molecule has 0 aliphatic carbocycles. The summed E-state index contributed by atoms with van der Waals surface area (Å²) in [5.41, 5.74) is 0.225. The molecule has 1 aromatic rings. The Hall–Kier alpha value is -3.51. The number of carboxylic acid groups (broad SMARTS) is 2. The minimum Gasteiger partial charge on any atom is -0.494 e. The van der Waals surface area contributed by atoms with Gasteiger partial charge in [-0.3, -0.25) is 14.4 Å². The van der Waals surface area contributed by atoms with E-state index in [4.69, 9.17) is 19.3 Å². The molecule has 4 N–H and O–H groups in total. The molecule has 1 atom stereocenters. The first kappa shape index (κ1) is 37.5. The first-order chi connectivity index (χ1) is 20.7. The number of nitrogens with one attached hydrogen (secondary N) is 2. The van der Waals surface area contributed by atoms with Crippen LogP contribution in [-0.4, -0.2) is 85.4 Å². The van der Waals surface area contributed by atoms with Crippen molar-refractivity contribution in [3.05, 3.63) is 29.8 Å². The van der Waals surface area contributed by atoms with Crippen molar-refractivity contribution in [2.24, 2.45) is 0 Å². The van der Waals surface area contributed by atoms with Crippen molar-refractivity contribution in [1.82, 2.24) is 10.6 Å². The Morgan fingerprint density at radius 3 is 2.02 bits per heavy atom. The highest BCUT2D eigenvalue weighted by Gasteiger charge is 2.20. The van der Waals surface area contributed by atoms with Crippen molar-refractivity contribution in [3.63, 3.8) is 0 Å². The van der Waals surface area contributed by atoms with Crippen molar-refractivity contribution >= 4 is 29.5 Å². The molecule has 0 fully saturated rings. The number of likely N-dealkylation sites (N-methyl/N-ethyl adjacent to an activating group) is 1. The number of ether oxygens (including phenoxy) is 3. The lowest BCUT2D eigenvalue weighted by molar-refractivity contribution is -0.142. The van der Waals surface area contributed by atoms with Crippen molar-refractivity contribution in [1.29, 1.82) is 0 Å². The number of hydrogen-bond acceptors (Lipinski definition) is 8. The normalized spacial score (nSPS) is 11.5. The van der Waals surface area contributed by atoms with Crippen LogP contribution in [0.4, 0.5) is 0 Å². The number of benzene rings is 1. The first-order valence-electron chi connectivity index (χ1n) is 15.1. The number of rotatable bonds is 27. The second kappa shape index (κ2) is 24.0. The average molecular weight is 609 g/mol. The SMILES string of the molecule is CCNC(=O)COCCOCCCC(=O)CC[C@@H](NC(=O)CCCCCCCCCOc1ccc(C(=O)O)cc1)C(=O)O. The number of Topliss-reactive ketones (excluding diaryl/α,β-unsaturated/α-hetero) is 1. The van der Waals surface area contributed by atoms with Crippen LogP contribution in [-0.2, 0) is 28.7 Å². The quantitative estimate of drug-likeness (QED) is 0.108. The third kappa shape index (κ3) is 20.1. The number of hydrogen-bond donors (Lipinski definition) is 4. The second-order valence-electron chi connectivity index (χ2n) is 10.2. The Morgan fingerprint density at radius 1 is 0.721 bits per heavy atom. The van der Waals surface area contributed by atoms with E-state index in [1.807, 2.05) is 6.92 Å². The zero-order chi connectivity index (χ0) is 31.7. The molecule has 0 heterocycles. The van der Waals surface area contributed by atoms with Gasteiger partial charge in [-0.2, -0.15) is 0 Å². The predicted molar refractivity (Wildman–Crippen MR) is 159 cm³/mol. The Kier molecular flexibility index (Phi) is 20.9. The zero-order valence-corrected chi connectivity index (χ0v) is 25.3. The summed E-state index contributed by atoms with van der Waals surface area (Å²) in [6, 6.07) is 5.24. The molecule has 0 aromatic heterocycles. The van der Waals surface area contributed by atoms with Gasteiger partial charge in [0.15, 0.2) is 0 Å². The lowest BCUT2D eigenvalue weighted by Crippen LogP contribution is -2.41. The molecular formula is C31H48N2O10. The standard InChI is InChI=1S/C31H48N2O10/c1-2-32-29(36)23-42-22-21-41-19-10-11-25(34)15-18-27(31(39)40)33-28(35)12-8-6-4-3-5-7-9-20-43-26-16-13-24(14-17-26)30(37)38/h13-14,16-17,27H,2-12,15,18-23H2,1H3,(H,32,36)(H,33,35)(H,37,38)(H,39,40)/t27-/m1/s1. The van der Waals surface area contributed by atoms with E-state index in [1.165, 1.54) is 12.1 Å². The van der Waals surface area contributed by atoms with Crippen molar-refractivity contribution in [2.45, 2.75) is 90.0 Å². The molecule has 43 heavy (non-hydrogen) atoms. The number of carbonyl (C=O) groups excluding carboxylic acids is 3. The lowest BCUT2D eigenvalue weighted by Gasteiger charge is -2.14. The summed E-state index contributed by atoms with van der Waals surface area (Å²) >= 11 is 0. The van der Waals surface area contributed by atoms with Gasteiger partial charge >= 0.3 is 11.9 Å². The molecule has 0 aliphatic rings. The van der Waals surface area contributed by atoms with Crippen LogP contribution in [0.3, 0.4) is 0 Å². The molecule has 0 aliphatic heterocycles. The molecule has 0 unspecified atom stereocenters. The van der Waals surface area contributed by atoms with Crippen molar-refractivity contribution in [2.75, 3.05) is 39.6 Å². The van der Waals surface area contributed by atoms with Crippen LogP contribution >= 0.6 is 0 Å². The van der Waals surface area contributed by atoms with Gasteiger partial charge in [0.05, 0.1) is 25.4 Å². The smallest absolute Gasteiger partial charge is 0.335 e.